The maximum Gasteiger partial charge on any atom is 0.227 e. The van der Waals surface area contributed by atoms with Gasteiger partial charge >= 0.3 is 0 Å². The van der Waals surface area contributed by atoms with Gasteiger partial charge in [0.25, 0.3) is 0 Å². The highest BCUT2D eigenvalue weighted by Gasteiger charge is 2.31. The van der Waals surface area contributed by atoms with Crippen LogP contribution in [0.5, 0.6) is 0 Å². The van der Waals surface area contributed by atoms with Gasteiger partial charge in [0.15, 0.2) is 0 Å². The number of hydrogen-bond acceptors (Lipinski definition) is 3. The largest absolute Gasteiger partial charge is 0.342 e. The van der Waals surface area contributed by atoms with Gasteiger partial charge in [-0.3, -0.25) is 14.6 Å². The molecular formula is C22H26FN3O2. The normalized spacial score (nSPS) is 16.9. The summed E-state index contributed by atoms with van der Waals surface area (Å²) in [4.78, 5) is 33.0. The number of piperidine rings is 1. The summed E-state index contributed by atoms with van der Waals surface area (Å²) >= 11 is 0. The van der Waals surface area contributed by atoms with Crippen LogP contribution in [0.25, 0.3) is 0 Å². The van der Waals surface area contributed by atoms with E-state index < -0.39 is 0 Å². The molecule has 0 aliphatic carbocycles. The number of likely N-dealkylation sites (tertiary alicyclic amines) is 1. The van der Waals surface area contributed by atoms with Gasteiger partial charge in [0.05, 0.1) is 18.2 Å². The number of benzene rings is 1. The fraction of sp³-hybridized carbons (Fsp3) is 0.409. The van der Waals surface area contributed by atoms with Gasteiger partial charge in [-0.2, -0.15) is 0 Å². The van der Waals surface area contributed by atoms with E-state index in [1.165, 1.54) is 12.1 Å². The van der Waals surface area contributed by atoms with E-state index in [1.807, 2.05) is 25.1 Å². The molecule has 0 N–H and O–H groups in total. The van der Waals surface area contributed by atoms with Crippen LogP contribution in [-0.4, -0.2) is 46.7 Å². The van der Waals surface area contributed by atoms with Gasteiger partial charge in [-0.1, -0.05) is 18.2 Å². The third-order valence-corrected chi connectivity index (χ3v) is 5.29. The fourth-order valence-corrected chi connectivity index (χ4v) is 3.59. The molecule has 1 aliphatic rings. The molecule has 1 aromatic heterocycles. The average molecular weight is 383 g/mol. The Hall–Kier alpha value is -2.76. The predicted octanol–water partition coefficient (Wildman–Crippen LogP) is 2.97. The molecule has 28 heavy (non-hydrogen) atoms. The molecule has 148 valence electrons. The van der Waals surface area contributed by atoms with Crippen molar-refractivity contribution in [2.75, 3.05) is 20.1 Å². The number of pyridine rings is 1. The van der Waals surface area contributed by atoms with Crippen molar-refractivity contribution in [3.05, 3.63) is 65.2 Å². The lowest BCUT2D eigenvalue weighted by Gasteiger charge is -2.34. The van der Waals surface area contributed by atoms with Crippen molar-refractivity contribution < 1.29 is 14.0 Å². The van der Waals surface area contributed by atoms with Crippen LogP contribution in [0.1, 0.15) is 29.7 Å². The highest BCUT2D eigenvalue weighted by Crippen LogP contribution is 2.21. The van der Waals surface area contributed by atoms with E-state index in [0.29, 0.717) is 38.9 Å². The van der Waals surface area contributed by atoms with Gasteiger partial charge in [-0.15, -0.1) is 0 Å². The van der Waals surface area contributed by atoms with E-state index in [4.69, 9.17) is 0 Å². The summed E-state index contributed by atoms with van der Waals surface area (Å²) in [5, 5.41) is 0. The molecule has 0 spiro atoms. The Morgan fingerprint density at radius 3 is 2.89 bits per heavy atom. The third-order valence-electron chi connectivity index (χ3n) is 5.29. The van der Waals surface area contributed by atoms with E-state index in [-0.39, 0.29) is 23.5 Å². The molecule has 0 bridgehead atoms. The zero-order chi connectivity index (χ0) is 20.1. The Morgan fingerprint density at radius 2 is 2.14 bits per heavy atom. The van der Waals surface area contributed by atoms with Crippen molar-refractivity contribution >= 4 is 11.8 Å². The van der Waals surface area contributed by atoms with E-state index in [0.717, 1.165) is 16.8 Å². The summed E-state index contributed by atoms with van der Waals surface area (Å²) in [6, 6.07) is 10.3. The SMILES string of the molecule is Cc1cccnc1CN(C)C(=O)C1CCC(=O)N(CCc2cccc(F)c2)C1. The Morgan fingerprint density at radius 1 is 1.32 bits per heavy atom. The molecule has 1 unspecified atom stereocenters. The number of hydrogen-bond donors (Lipinski definition) is 0. The molecular weight excluding hydrogens is 357 g/mol. The maximum absolute atomic E-state index is 13.3. The molecule has 2 heterocycles. The number of halogens is 1. The van der Waals surface area contributed by atoms with Gasteiger partial charge in [0.2, 0.25) is 11.8 Å². The van der Waals surface area contributed by atoms with E-state index in [2.05, 4.69) is 4.98 Å². The third kappa shape index (κ3) is 4.94. The summed E-state index contributed by atoms with van der Waals surface area (Å²) in [5.74, 6) is -0.391. The molecule has 1 aliphatic heterocycles. The number of carbonyl (C=O) groups is 2. The van der Waals surface area contributed by atoms with E-state index in [9.17, 15) is 14.0 Å². The van der Waals surface area contributed by atoms with Crippen molar-refractivity contribution in [1.29, 1.82) is 0 Å². The van der Waals surface area contributed by atoms with Crippen molar-refractivity contribution in [2.24, 2.45) is 5.92 Å². The van der Waals surface area contributed by atoms with Gasteiger partial charge < -0.3 is 9.80 Å². The van der Waals surface area contributed by atoms with Crippen molar-refractivity contribution in [3.63, 3.8) is 0 Å². The van der Waals surface area contributed by atoms with Gasteiger partial charge in [0, 0.05) is 32.8 Å². The number of rotatable bonds is 6. The number of aromatic nitrogens is 1. The second-order valence-corrected chi connectivity index (χ2v) is 7.42. The lowest BCUT2D eigenvalue weighted by molar-refractivity contribution is -0.142. The Kier molecular flexibility index (Phi) is 6.39. The standard InChI is InChI=1S/C22H26FN3O2/c1-16-5-4-11-24-20(16)15-25(2)22(28)18-8-9-21(27)26(14-18)12-10-17-6-3-7-19(23)13-17/h3-7,11,13,18H,8-10,12,14-15H2,1-2H3. The van der Waals surface area contributed by atoms with Crippen LogP contribution in [0.3, 0.4) is 0 Å². The molecule has 1 fully saturated rings. The van der Waals surface area contributed by atoms with Crippen LogP contribution in [0, 0.1) is 18.7 Å². The summed E-state index contributed by atoms with van der Waals surface area (Å²) in [7, 11) is 1.78. The van der Waals surface area contributed by atoms with Crippen molar-refractivity contribution in [2.45, 2.75) is 32.7 Å². The minimum atomic E-state index is -0.276. The quantitative estimate of drug-likeness (QED) is 0.771. The summed E-state index contributed by atoms with van der Waals surface area (Å²) in [5.41, 5.74) is 2.79. The molecule has 5 nitrogen and oxygen atoms in total. The lowest BCUT2D eigenvalue weighted by Crippen LogP contribution is -2.46. The van der Waals surface area contributed by atoms with Crippen LogP contribution in [0.15, 0.2) is 42.6 Å². The van der Waals surface area contributed by atoms with Crippen LogP contribution in [-0.2, 0) is 22.6 Å². The fourth-order valence-electron chi connectivity index (χ4n) is 3.59. The smallest absolute Gasteiger partial charge is 0.227 e. The van der Waals surface area contributed by atoms with Gasteiger partial charge in [0.1, 0.15) is 5.82 Å². The number of amides is 2. The number of nitrogens with zero attached hydrogens (tertiary/aromatic N) is 3. The molecule has 0 radical (unpaired) electrons. The molecule has 1 atom stereocenters. The first kappa shape index (κ1) is 20.0. The first-order chi connectivity index (χ1) is 13.4. The minimum Gasteiger partial charge on any atom is -0.342 e. The number of aryl methyl sites for hydroxylation is 1. The lowest BCUT2D eigenvalue weighted by atomic mass is 9.95. The zero-order valence-corrected chi connectivity index (χ0v) is 16.4. The molecule has 3 rings (SSSR count). The molecule has 0 saturated carbocycles. The molecule has 6 heteroatoms. The average Bonchev–Trinajstić information content (AvgIpc) is 2.68. The maximum atomic E-state index is 13.3. The highest BCUT2D eigenvalue weighted by atomic mass is 19.1. The number of carbonyl (C=O) groups excluding carboxylic acids is 2. The van der Waals surface area contributed by atoms with E-state index >= 15 is 0 Å². The second kappa shape index (κ2) is 8.95. The van der Waals surface area contributed by atoms with Crippen LogP contribution < -0.4 is 0 Å². The molecule has 2 amide bonds. The monoisotopic (exact) mass is 383 g/mol. The summed E-state index contributed by atoms with van der Waals surface area (Å²) in [6.07, 6.45) is 3.25. The second-order valence-electron chi connectivity index (χ2n) is 7.42. The zero-order valence-electron chi connectivity index (χ0n) is 16.4. The van der Waals surface area contributed by atoms with Crippen LogP contribution >= 0.6 is 0 Å². The summed E-state index contributed by atoms with van der Waals surface area (Å²) in [6.45, 7) is 3.35. The van der Waals surface area contributed by atoms with Crippen LogP contribution in [0.4, 0.5) is 4.39 Å². The minimum absolute atomic E-state index is 0.0355. The van der Waals surface area contributed by atoms with E-state index in [1.54, 1.807) is 29.1 Å². The first-order valence-electron chi connectivity index (χ1n) is 9.61. The van der Waals surface area contributed by atoms with Gasteiger partial charge in [-0.25, -0.2) is 4.39 Å². The molecule has 1 saturated heterocycles. The molecule has 1 aromatic carbocycles. The summed E-state index contributed by atoms with van der Waals surface area (Å²) < 4.78 is 13.3. The molecule has 2 aromatic rings. The van der Waals surface area contributed by atoms with Gasteiger partial charge in [-0.05, 0) is 49.1 Å². The van der Waals surface area contributed by atoms with Crippen LogP contribution in [0.2, 0.25) is 0 Å². The first-order valence-corrected chi connectivity index (χ1v) is 9.61. The Labute approximate surface area is 165 Å². The Bertz CT molecular complexity index is 855. The van der Waals surface area contributed by atoms with Crippen molar-refractivity contribution in [1.82, 2.24) is 14.8 Å². The topological polar surface area (TPSA) is 53.5 Å². The Balaban J connectivity index is 1.58. The highest BCUT2D eigenvalue weighted by molar-refractivity contribution is 5.83. The predicted molar refractivity (Wildman–Crippen MR) is 105 cm³/mol. The van der Waals surface area contributed by atoms with Crippen molar-refractivity contribution in [3.8, 4) is 0 Å².